The second-order valence-corrected chi connectivity index (χ2v) is 5.79. The molecule has 0 radical (unpaired) electrons. The maximum atomic E-state index is 13.9. The van der Waals surface area contributed by atoms with Crippen LogP contribution in [0.5, 0.6) is 5.75 Å². The summed E-state index contributed by atoms with van der Waals surface area (Å²) in [7, 11) is 3.06. The Balaban J connectivity index is 1.63. The van der Waals surface area contributed by atoms with Crippen LogP contribution in [0.15, 0.2) is 35.5 Å². The first-order valence-corrected chi connectivity index (χ1v) is 8.02. The third-order valence-electron chi connectivity index (χ3n) is 4.19. The molecule has 0 unspecified atom stereocenters. The Kier molecular flexibility index (Phi) is 5.07. The van der Waals surface area contributed by atoms with Gasteiger partial charge in [0.25, 0.3) is 0 Å². The molecule has 0 N–H and O–H groups in total. The second-order valence-electron chi connectivity index (χ2n) is 5.79. The Morgan fingerprint density at radius 2 is 2.12 bits per heavy atom. The molecule has 1 aromatic carbocycles. The average molecular weight is 342 g/mol. The minimum absolute atomic E-state index is 0.00337. The molecule has 1 aromatic heterocycles. The predicted molar refractivity (Wildman–Crippen MR) is 91.5 cm³/mol. The van der Waals surface area contributed by atoms with E-state index >= 15 is 0 Å². The van der Waals surface area contributed by atoms with Gasteiger partial charge < -0.3 is 9.47 Å². The van der Waals surface area contributed by atoms with Crippen molar-refractivity contribution in [3.05, 3.63) is 58.7 Å². The molecule has 0 amide bonds. The van der Waals surface area contributed by atoms with Gasteiger partial charge in [0.05, 0.1) is 26.3 Å². The van der Waals surface area contributed by atoms with Crippen molar-refractivity contribution in [3.8, 4) is 5.75 Å². The van der Waals surface area contributed by atoms with Gasteiger partial charge in [0.2, 0.25) is 5.90 Å². The number of benzene rings is 1. The lowest BCUT2D eigenvalue weighted by Gasteiger charge is -2.09. The molecule has 6 heteroatoms. The molecule has 0 saturated heterocycles. The summed E-state index contributed by atoms with van der Waals surface area (Å²) >= 11 is 0. The van der Waals surface area contributed by atoms with Crippen molar-refractivity contribution in [1.82, 2.24) is 4.98 Å². The third-order valence-corrected chi connectivity index (χ3v) is 4.19. The van der Waals surface area contributed by atoms with Crippen LogP contribution in [0.25, 0.3) is 0 Å². The van der Waals surface area contributed by atoms with Crippen LogP contribution in [-0.2, 0) is 28.9 Å². The van der Waals surface area contributed by atoms with E-state index in [9.17, 15) is 9.18 Å². The van der Waals surface area contributed by atoms with Gasteiger partial charge >= 0.3 is 0 Å². The highest BCUT2D eigenvalue weighted by Gasteiger charge is 2.18. The van der Waals surface area contributed by atoms with Gasteiger partial charge in [-0.1, -0.05) is 6.07 Å². The predicted octanol–water partition coefficient (Wildman–Crippen LogP) is 2.88. The number of hydrogen-bond donors (Lipinski definition) is 0. The highest BCUT2D eigenvalue weighted by molar-refractivity contribution is 5.97. The number of Topliss-reactive ketones (excluding diaryl/α,β-unsaturated/α-hetero) is 1. The van der Waals surface area contributed by atoms with E-state index in [1.807, 2.05) is 6.07 Å². The molecule has 0 spiro atoms. The zero-order chi connectivity index (χ0) is 17.8. The molecule has 1 aliphatic heterocycles. The van der Waals surface area contributed by atoms with E-state index in [0.29, 0.717) is 35.9 Å². The highest BCUT2D eigenvalue weighted by Crippen LogP contribution is 2.23. The number of halogens is 1. The van der Waals surface area contributed by atoms with Gasteiger partial charge in [-0.25, -0.2) is 9.38 Å². The number of rotatable bonds is 6. The molecule has 3 rings (SSSR count). The number of carbonyl (C=O) groups is 1. The van der Waals surface area contributed by atoms with Crippen molar-refractivity contribution in [2.24, 2.45) is 4.99 Å². The number of ether oxygens (including phenoxy) is 2. The molecule has 0 fully saturated rings. The largest absolute Gasteiger partial charge is 0.496 e. The summed E-state index contributed by atoms with van der Waals surface area (Å²) in [5.74, 6) is 0.690. The van der Waals surface area contributed by atoms with Crippen LogP contribution in [-0.4, -0.2) is 30.9 Å². The van der Waals surface area contributed by atoms with Gasteiger partial charge in [0, 0.05) is 30.3 Å². The fourth-order valence-corrected chi connectivity index (χ4v) is 2.91. The summed E-state index contributed by atoms with van der Waals surface area (Å²) in [4.78, 5) is 20.8. The van der Waals surface area contributed by atoms with Crippen LogP contribution in [0, 0.1) is 5.82 Å². The number of fused-ring (bicyclic) bond motifs is 1. The van der Waals surface area contributed by atoms with Crippen molar-refractivity contribution in [3.63, 3.8) is 0 Å². The van der Waals surface area contributed by atoms with E-state index in [-0.39, 0.29) is 24.4 Å². The number of pyridine rings is 1. The van der Waals surface area contributed by atoms with E-state index in [2.05, 4.69) is 9.98 Å². The van der Waals surface area contributed by atoms with Crippen molar-refractivity contribution in [2.45, 2.75) is 25.8 Å². The van der Waals surface area contributed by atoms with Gasteiger partial charge in [-0.05, 0) is 30.2 Å². The van der Waals surface area contributed by atoms with Crippen LogP contribution in [0.4, 0.5) is 4.39 Å². The summed E-state index contributed by atoms with van der Waals surface area (Å²) in [6.45, 7) is 0.536. The van der Waals surface area contributed by atoms with Crippen LogP contribution >= 0.6 is 0 Å². The van der Waals surface area contributed by atoms with Crippen LogP contribution in [0.2, 0.25) is 0 Å². The van der Waals surface area contributed by atoms with E-state index in [0.717, 1.165) is 11.1 Å². The Labute approximate surface area is 145 Å². The lowest BCUT2D eigenvalue weighted by molar-refractivity contribution is -0.118. The highest BCUT2D eigenvalue weighted by atomic mass is 19.1. The molecule has 130 valence electrons. The molecule has 0 bridgehead atoms. The zero-order valence-electron chi connectivity index (χ0n) is 14.2. The molecule has 25 heavy (non-hydrogen) atoms. The van der Waals surface area contributed by atoms with E-state index in [4.69, 9.17) is 9.47 Å². The smallest absolute Gasteiger partial charge is 0.218 e. The molecule has 1 aliphatic rings. The number of carbonyl (C=O) groups excluding carboxylic acids is 1. The molecule has 2 aromatic rings. The number of nitrogens with zero attached hydrogens (tertiary/aromatic N) is 2. The number of methoxy groups -OCH3 is 2. The van der Waals surface area contributed by atoms with E-state index in [1.165, 1.54) is 13.2 Å². The monoisotopic (exact) mass is 342 g/mol. The molecule has 0 aliphatic carbocycles. The Bertz CT molecular complexity index is 833. The quantitative estimate of drug-likeness (QED) is 0.810. The van der Waals surface area contributed by atoms with Crippen LogP contribution < -0.4 is 4.74 Å². The second kappa shape index (κ2) is 7.42. The van der Waals surface area contributed by atoms with E-state index in [1.54, 1.807) is 25.4 Å². The minimum Gasteiger partial charge on any atom is -0.496 e. The summed E-state index contributed by atoms with van der Waals surface area (Å²) < 4.78 is 24.2. The number of aliphatic imine (C=N–C) groups is 1. The number of aromatic nitrogens is 1. The first-order chi connectivity index (χ1) is 12.1. The topological polar surface area (TPSA) is 60.8 Å². The van der Waals surface area contributed by atoms with Crippen LogP contribution in [0.3, 0.4) is 0 Å². The minimum atomic E-state index is -0.355. The Morgan fingerprint density at radius 3 is 2.88 bits per heavy atom. The molecular weight excluding hydrogens is 323 g/mol. The normalized spacial score (nSPS) is 12.5. The molecule has 5 nitrogen and oxygen atoms in total. The van der Waals surface area contributed by atoms with E-state index < -0.39 is 0 Å². The van der Waals surface area contributed by atoms with Gasteiger partial charge in [0.1, 0.15) is 17.3 Å². The number of hydrogen-bond acceptors (Lipinski definition) is 5. The maximum Gasteiger partial charge on any atom is 0.218 e. The first kappa shape index (κ1) is 17.1. The fourth-order valence-electron chi connectivity index (χ4n) is 2.91. The molecule has 2 heterocycles. The third kappa shape index (κ3) is 3.68. The SMILES string of the molecule is COC1=NCc2cc(CC(=O)CCc3c(F)cccc3OC)ncc21. The lowest BCUT2D eigenvalue weighted by atomic mass is 10.0. The lowest BCUT2D eigenvalue weighted by Crippen LogP contribution is -2.09. The van der Waals surface area contributed by atoms with Crippen molar-refractivity contribution < 1.29 is 18.7 Å². The summed E-state index contributed by atoms with van der Waals surface area (Å²) in [5.41, 5.74) is 3.00. The van der Waals surface area contributed by atoms with Gasteiger partial charge in [-0.2, -0.15) is 0 Å². The first-order valence-electron chi connectivity index (χ1n) is 8.02. The summed E-state index contributed by atoms with van der Waals surface area (Å²) in [6, 6.07) is 6.53. The summed E-state index contributed by atoms with van der Waals surface area (Å²) in [5, 5.41) is 0. The Morgan fingerprint density at radius 1 is 1.28 bits per heavy atom. The van der Waals surface area contributed by atoms with Gasteiger partial charge in [0.15, 0.2) is 0 Å². The molecule has 0 saturated carbocycles. The fraction of sp³-hybridized carbons (Fsp3) is 0.316. The maximum absolute atomic E-state index is 13.9. The van der Waals surface area contributed by atoms with Gasteiger partial charge in [-0.15, -0.1) is 0 Å². The Hall–Kier alpha value is -2.76. The standard InChI is InChI=1S/C19H19FN2O3/c1-24-18-5-3-4-17(20)15(18)7-6-14(23)9-13-8-12-10-22-19(25-2)16(12)11-21-13/h3-5,8,11H,6-7,9-10H2,1-2H3. The molecule has 0 atom stereocenters. The number of ketones is 1. The average Bonchev–Trinajstić information content (AvgIpc) is 3.02. The van der Waals surface area contributed by atoms with Crippen molar-refractivity contribution in [1.29, 1.82) is 0 Å². The molecular formula is C19H19FN2O3. The van der Waals surface area contributed by atoms with Crippen LogP contribution in [0.1, 0.15) is 28.8 Å². The van der Waals surface area contributed by atoms with Crippen molar-refractivity contribution >= 4 is 11.7 Å². The zero-order valence-corrected chi connectivity index (χ0v) is 14.2. The van der Waals surface area contributed by atoms with Crippen molar-refractivity contribution in [2.75, 3.05) is 14.2 Å². The van der Waals surface area contributed by atoms with Gasteiger partial charge in [-0.3, -0.25) is 9.78 Å². The summed E-state index contributed by atoms with van der Waals surface area (Å²) in [6.07, 6.45) is 2.44.